The molecule has 11 heteroatoms. The van der Waals surface area contributed by atoms with Crippen molar-refractivity contribution in [3.63, 3.8) is 0 Å². The average molecular weight is 387 g/mol. The number of morpholine rings is 1. The summed E-state index contributed by atoms with van der Waals surface area (Å²) in [6.07, 6.45) is 0. The standard InChI is InChI=1S/C15H21N3O7S/c1-11(2)16-15(19)10-25-14-4-3-12(9-13(14)18(20)21)26(22,23)17-5-7-24-8-6-17/h3-4,9,11H,5-8,10H2,1-2H3,(H,16,19). The van der Waals surface area contributed by atoms with Crippen LogP contribution in [0.2, 0.25) is 0 Å². The lowest BCUT2D eigenvalue weighted by Gasteiger charge is -2.26. The molecule has 0 atom stereocenters. The molecule has 0 saturated carbocycles. The van der Waals surface area contributed by atoms with Crippen LogP contribution in [0.15, 0.2) is 23.1 Å². The van der Waals surface area contributed by atoms with Crippen molar-refractivity contribution in [3.05, 3.63) is 28.3 Å². The van der Waals surface area contributed by atoms with Crippen LogP contribution >= 0.6 is 0 Å². The van der Waals surface area contributed by atoms with E-state index in [1.807, 2.05) is 0 Å². The van der Waals surface area contributed by atoms with E-state index in [1.165, 1.54) is 16.4 Å². The number of sulfonamides is 1. The highest BCUT2D eigenvalue weighted by atomic mass is 32.2. The molecule has 0 aromatic heterocycles. The van der Waals surface area contributed by atoms with Gasteiger partial charge >= 0.3 is 5.69 Å². The van der Waals surface area contributed by atoms with Crippen molar-refractivity contribution in [2.75, 3.05) is 32.9 Å². The van der Waals surface area contributed by atoms with Gasteiger partial charge < -0.3 is 14.8 Å². The number of nitrogens with zero attached hydrogens (tertiary/aromatic N) is 2. The molecule has 1 fully saturated rings. The second kappa shape index (κ2) is 8.43. The van der Waals surface area contributed by atoms with Crippen LogP contribution in [-0.2, 0) is 19.6 Å². The van der Waals surface area contributed by atoms with Crippen molar-refractivity contribution in [1.29, 1.82) is 0 Å². The topological polar surface area (TPSA) is 128 Å². The summed E-state index contributed by atoms with van der Waals surface area (Å²) in [6.45, 7) is 4.04. The Balaban J connectivity index is 2.22. The van der Waals surface area contributed by atoms with Gasteiger partial charge in [0.2, 0.25) is 10.0 Å². The van der Waals surface area contributed by atoms with Gasteiger partial charge in [0.05, 0.1) is 23.0 Å². The van der Waals surface area contributed by atoms with Crippen LogP contribution in [0.3, 0.4) is 0 Å². The van der Waals surface area contributed by atoms with Gasteiger partial charge in [-0.25, -0.2) is 8.42 Å². The second-order valence-corrected chi connectivity index (χ2v) is 7.85. The first-order valence-electron chi connectivity index (χ1n) is 8.00. The fraction of sp³-hybridized carbons (Fsp3) is 0.533. The Hall–Kier alpha value is -2.24. The zero-order valence-electron chi connectivity index (χ0n) is 14.5. The van der Waals surface area contributed by atoms with Gasteiger partial charge in [-0.05, 0) is 26.0 Å². The molecule has 0 aliphatic carbocycles. The van der Waals surface area contributed by atoms with Crippen molar-refractivity contribution in [3.8, 4) is 5.75 Å². The van der Waals surface area contributed by atoms with Gasteiger partial charge in [-0.15, -0.1) is 0 Å². The Morgan fingerprint density at radius 3 is 2.62 bits per heavy atom. The number of amides is 1. The molecule has 1 aliphatic rings. The summed E-state index contributed by atoms with van der Waals surface area (Å²) in [5, 5.41) is 13.9. The van der Waals surface area contributed by atoms with E-state index in [0.717, 1.165) is 6.07 Å². The molecule has 2 rings (SSSR count). The summed E-state index contributed by atoms with van der Waals surface area (Å²) in [5.41, 5.74) is -0.517. The molecule has 0 spiro atoms. The number of benzene rings is 1. The first-order valence-corrected chi connectivity index (χ1v) is 9.44. The van der Waals surface area contributed by atoms with Gasteiger partial charge in [-0.3, -0.25) is 14.9 Å². The third kappa shape index (κ3) is 4.90. The lowest BCUT2D eigenvalue weighted by Crippen LogP contribution is -2.40. The smallest absolute Gasteiger partial charge is 0.312 e. The maximum Gasteiger partial charge on any atom is 0.312 e. The van der Waals surface area contributed by atoms with Crippen molar-refractivity contribution in [1.82, 2.24) is 9.62 Å². The molecule has 1 heterocycles. The van der Waals surface area contributed by atoms with Gasteiger partial charge in [0.15, 0.2) is 12.4 Å². The molecular weight excluding hydrogens is 366 g/mol. The van der Waals surface area contributed by atoms with Gasteiger partial charge in [-0.2, -0.15) is 4.31 Å². The van der Waals surface area contributed by atoms with Crippen molar-refractivity contribution < 1.29 is 27.6 Å². The predicted molar refractivity (Wildman–Crippen MR) is 91.4 cm³/mol. The lowest BCUT2D eigenvalue weighted by atomic mass is 10.3. The molecule has 1 saturated heterocycles. The second-order valence-electron chi connectivity index (χ2n) is 5.91. The molecule has 0 radical (unpaired) electrons. The zero-order chi connectivity index (χ0) is 19.3. The maximum absolute atomic E-state index is 12.6. The minimum absolute atomic E-state index is 0.0953. The summed E-state index contributed by atoms with van der Waals surface area (Å²) in [4.78, 5) is 22.0. The number of hydrogen-bond acceptors (Lipinski definition) is 7. The summed E-state index contributed by atoms with van der Waals surface area (Å²) in [7, 11) is -3.87. The van der Waals surface area contributed by atoms with E-state index < -0.39 is 33.1 Å². The third-order valence-corrected chi connectivity index (χ3v) is 5.44. The van der Waals surface area contributed by atoms with Crippen molar-refractivity contribution in [2.45, 2.75) is 24.8 Å². The number of carbonyl (C=O) groups excluding carboxylic acids is 1. The van der Waals surface area contributed by atoms with Crippen LogP contribution in [0, 0.1) is 10.1 Å². The Labute approximate surface area is 151 Å². The predicted octanol–water partition coefficient (Wildman–Crippen LogP) is 0.519. The van der Waals surface area contributed by atoms with Crippen LogP contribution in [0.1, 0.15) is 13.8 Å². The van der Waals surface area contributed by atoms with Gasteiger partial charge in [0.1, 0.15) is 0 Å². The van der Waals surface area contributed by atoms with Crippen LogP contribution < -0.4 is 10.1 Å². The molecule has 1 aliphatic heterocycles. The monoisotopic (exact) mass is 387 g/mol. The van der Waals surface area contributed by atoms with E-state index in [-0.39, 0.29) is 43.0 Å². The Kier molecular flexibility index (Phi) is 6.51. The highest BCUT2D eigenvalue weighted by molar-refractivity contribution is 7.89. The van der Waals surface area contributed by atoms with E-state index in [1.54, 1.807) is 13.8 Å². The largest absolute Gasteiger partial charge is 0.477 e. The van der Waals surface area contributed by atoms with E-state index in [9.17, 15) is 23.3 Å². The summed E-state index contributed by atoms with van der Waals surface area (Å²) < 4.78 is 36.7. The molecule has 0 bridgehead atoms. The van der Waals surface area contributed by atoms with Crippen LogP contribution in [0.5, 0.6) is 5.75 Å². The minimum Gasteiger partial charge on any atom is -0.477 e. The van der Waals surface area contributed by atoms with Gasteiger partial charge in [0.25, 0.3) is 5.91 Å². The molecular formula is C15H21N3O7S. The molecule has 144 valence electrons. The Morgan fingerprint density at radius 1 is 1.38 bits per heavy atom. The first kappa shape index (κ1) is 20.1. The molecule has 10 nitrogen and oxygen atoms in total. The number of nitro groups is 1. The number of nitro benzene ring substituents is 1. The third-order valence-electron chi connectivity index (χ3n) is 3.54. The van der Waals surface area contributed by atoms with Crippen molar-refractivity contribution >= 4 is 21.6 Å². The van der Waals surface area contributed by atoms with Crippen molar-refractivity contribution in [2.24, 2.45) is 0 Å². The molecule has 1 aromatic carbocycles. The molecule has 26 heavy (non-hydrogen) atoms. The first-order chi connectivity index (χ1) is 12.2. The zero-order valence-corrected chi connectivity index (χ0v) is 15.3. The van der Waals surface area contributed by atoms with Gasteiger partial charge in [0, 0.05) is 25.2 Å². The minimum atomic E-state index is -3.87. The molecule has 1 aromatic rings. The highest BCUT2D eigenvalue weighted by Crippen LogP contribution is 2.31. The van der Waals surface area contributed by atoms with E-state index in [2.05, 4.69) is 5.32 Å². The fourth-order valence-electron chi connectivity index (χ4n) is 2.37. The summed E-state index contributed by atoms with van der Waals surface area (Å²) in [5.74, 6) is -0.603. The Bertz CT molecular complexity index is 773. The number of hydrogen-bond donors (Lipinski definition) is 1. The average Bonchev–Trinajstić information content (AvgIpc) is 2.59. The van der Waals surface area contributed by atoms with Crippen LogP contribution in [-0.4, -0.2) is 62.5 Å². The van der Waals surface area contributed by atoms with E-state index in [0.29, 0.717) is 0 Å². The summed E-state index contributed by atoms with van der Waals surface area (Å²) in [6, 6.07) is 3.27. The normalized spacial score (nSPS) is 15.7. The molecule has 1 N–H and O–H groups in total. The lowest BCUT2D eigenvalue weighted by molar-refractivity contribution is -0.386. The highest BCUT2D eigenvalue weighted by Gasteiger charge is 2.29. The number of nitrogens with one attached hydrogen (secondary N) is 1. The fourth-order valence-corrected chi connectivity index (χ4v) is 3.79. The SMILES string of the molecule is CC(C)NC(=O)COc1ccc(S(=O)(=O)N2CCOCC2)cc1[N+](=O)[O-]. The molecule has 1 amide bonds. The quantitative estimate of drug-likeness (QED) is 0.533. The van der Waals surface area contributed by atoms with E-state index >= 15 is 0 Å². The van der Waals surface area contributed by atoms with Crippen LogP contribution in [0.25, 0.3) is 0 Å². The number of ether oxygens (including phenoxy) is 2. The van der Waals surface area contributed by atoms with Gasteiger partial charge in [-0.1, -0.05) is 0 Å². The number of carbonyl (C=O) groups is 1. The number of rotatable bonds is 7. The maximum atomic E-state index is 12.6. The van der Waals surface area contributed by atoms with E-state index in [4.69, 9.17) is 9.47 Å². The summed E-state index contributed by atoms with van der Waals surface area (Å²) >= 11 is 0. The Morgan fingerprint density at radius 2 is 2.04 bits per heavy atom. The van der Waals surface area contributed by atoms with Crippen LogP contribution in [0.4, 0.5) is 5.69 Å². The molecule has 0 unspecified atom stereocenters.